The molecule has 80 valence electrons. The Balaban J connectivity index is 2.38. The van der Waals surface area contributed by atoms with Gasteiger partial charge in [-0.15, -0.1) is 0 Å². The van der Waals surface area contributed by atoms with Crippen molar-refractivity contribution in [1.29, 1.82) is 0 Å². The van der Waals surface area contributed by atoms with E-state index in [-0.39, 0.29) is 12.6 Å². The Kier molecular flexibility index (Phi) is 3.04. The van der Waals surface area contributed by atoms with Crippen LogP contribution in [0.5, 0.6) is 0 Å². The molecule has 1 unspecified atom stereocenters. The first-order valence-corrected chi connectivity index (χ1v) is 5.50. The number of nitrogens with zero attached hydrogens (tertiary/aromatic N) is 2. The Labute approximate surface area is 95.9 Å². The maximum absolute atomic E-state index is 8.79. The quantitative estimate of drug-likeness (QED) is 0.887. The van der Waals surface area contributed by atoms with Gasteiger partial charge in [-0.1, -0.05) is 15.9 Å². The molecule has 5 heteroatoms. The van der Waals surface area contributed by atoms with Crippen molar-refractivity contribution in [3.63, 3.8) is 0 Å². The van der Waals surface area contributed by atoms with Crippen molar-refractivity contribution >= 4 is 21.6 Å². The summed E-state index contributed by atoms with van der Waals surface area (Å²) in [5, 5.41) is 8.79. The molecule has 2 rings (SSSR count). The largest absolute Gasteiger partial charge is 0.396 e. The van der Waals surface area contributed by atoms with Gasteiger partial charge in [0.2, 0.25) is 0 Å². The van der Waals surface area contributed by atoms with Gasteiger partial charge in [0.25, 0.3) is 0 Å². The van der Waals surface area contributed by atoms with Crippen LogP contribution in [-0.4, -0.2) is 21.1 Å². The van der Waals surface area contributed by atoms with Gasteiger partial charge in [0.05, 0.1) is 11.7 Å². The summed E-state index contributed by atoms with van der Waals surface area (Å²) < 4.78 is 2.90. The third-order valence-corrected chi connectivity index (χ3v) is 2.75. The van der Waals surface area contributed by atoms with E-state index < -0.39 is 0 Å². The number of nitrogens with two attached hydrogens (primary N) is 1. The first-order valence-electron chi connectivity index (χ1n) is 4.71. The zero-order chi connectivity index (χ0) is 10.8. The maximum atomic E-state index is 8.79. The van der Waals surface area contributed by atoms with E-state index in [1.165, 1.54) is 0 Å². The number of rotatable bonds is 3. The van der Waals surface area contributed by atoms with Crippen LogP contribution in [0.2, 0.25) is 0 Å². The first kappa shape index (κ1) is 10.6. The number of hydrogen-bond acceptors (Lipinski definition) is 3. The van der Waals surface area contributed by atoms with Crippen molar-refractivity contribution in [3.8, 4) is 0 Å². The molecular weight excluding hydrogens is 258 g/mol. The molecule has 3 N–H and O–H groups in total. The molecule has 2 aromatic rings. The van der Waals surface area contributed by atoms with E-state index in [1.54, 1.807) is 0 Å². The van der Waals surface area contributed by atoms with Crippen molar-refractivity contribution in [1.82, 2.24) is 9.38 Å². The van der Waals surface area contributed by atoms with Crippen LogP contribution in [0.3, 0.4) is 0 Å². The lowest BCUT2D eigenvalue weighted by Crippen LogP contribution is -2.12. The molecule has 4 nitrogen and oxygen atoms in total. The van der Waals surface area contributed by atoms with Crippen molar-refractivity contribution in [2.24, 2.45) is 5.73 Å². The zero-order valence-corrected chi connectivity index (χ0v) is 9.68. The van der Waals surface area contributed by atoms with Crippen LogP contribution in [0.4, 0.5) is 0 Å². The average molecular weight is 270 g/mol. The van der Waals surface area contributed by atoms with Crippen LogP contribution in [0.1, 0.15) is 18.2 Å². The third kappa shape index (κ3) is 2.19. The smallest absolute Gasteiger partial charge is 0.138 e. The van der Waals surface area contributed by atoms with Crippen LogP contribution in [0, 0.1) is 0 Å². The molecule has 0 aliphatic rings. The lowest BCUT2D eigenvalue weighted by molar-refractivity contribution is 0.276. The minimum Gasteiger partial charge on any atom is -0.396 e. The number of imidazole rings is 1. The van der Waals surface area contributed by atoms with Gasteiger partial charge in [0.15, 0.2) is 0 Å². The van der Waals surface area contributed by atoms with E-state index >= 15 is 0 Å². The van der Waals surface area contributed by atoms with Gasteiger partial charge in [-0.25, -0.2) is 4.98 Å². The monoisotopic (exact) mass is 269 g/mol. The Morgan fingerprint density at radius 3 is 3.13 bits per heavy atom. The molecule has 0 aliphatic carbocycles. The highest BCUT2D eigenvalue weighted by Gasteiger charge is 2.09. The lowest BCUT2D eigenvalue weighted by atomic mass is 10.2. The summed E-state index contributed by atoms with van der Waals surface area (Å²) in [5.74, 6) is 0. The molecule has 0 saturated carbocycles. The van der Waals surface area contributed by atoms with Gasteiger partial charge >= 0.3 is 0 Å². The number of pyridine rings is 1. The summed E-state index contributed by atoms with van der Waals surface area (Å²) in [6, 6.07) is 3.67. The van der Waals surface area contributed by atoms with Crippen LogP contribution in [-0.2, 0) is 0 Å². The van der Waals surface area contributed by atoms with Gasteiger partial charge in [-0.05, 0) is 18.6 Å². The summed E-state index contributed by atoms with van der Waals surface area (Å²) in [6.07, 6.45) is 4.34. The van der Waals surface area contributed by atoms with Crippen molar-refractivity contribution in [3.05, 3.63) is 34.7 Å². The second kappa shape index (κ2) is 4.30. The van der Waals surface area contributed by atoms with Gasteiger partial charge in [0.1, 0.15) is 5.65 Å². The van der Waals surface area contributed by atoms with Crippen molar-refractivity contribution in [2.75, 3.05) is 6.61 Å². The Bertz CT molecular complexity index is 469. The normalized spacial score (nSPS) is 13.3. The van der Waals surface area contributed by atoms with E-state index in [0.717, 1.165) is 15.8 Å². The third-order valence-electron chi connectivity index (χ3n) is 2.26. The fourth-order valence-corrected chi connectivity index (χ4v) is 1.77. The number of halogens is 1. The average Bonchev–Trinajstić information content (AvgIpc) is 2.60. The van der Waals surface area contributed by atoms with Crippen LogP contribution < -0.4 is 5.73 Å². The van der Waals surface area contributed by atoms with E-state index in [9.17, 15) is 0 Å². The fourth-order valence-electron chi connectivity index (χ4n) is 1.44. The highest BCUT2D eigenvalue weighted by molar-refractivity contribution is 9.10. The molecule has 1 atom stereocenters. The van der Waals surface area contributed by atoms with Crippen LogP contribution in [0.15, 0.2) is 29.0 Å². The van der Waals surface area contributed by atoms with Crippen LogP contribution in [0.25, 0.3) is 5.65 Å². The second-order valence-electron chi connectivity index (χ2n) is 3.39. The van der Waals surface area contributed by atoms with Gasteiger partial charge in [0, 0.05) is 23.5 Å². The summed E-state index contributed by atoms with van der Waals surface area (Å²) in [5.41, 5.74) is 7.52. The maximum Gasteiger partial charge on any atom is 0.138 e. The number of hydrogen-bond donors (Lipinski definition) is 2. The molecule has 0 amide bonds. The number of aromatic nitrogens is 2. The SMILES string of the molecule is NC(CCO)c1cn2ccc(Br)cc2n1. The first-order chi connectivity index (χ1) is 7.20. The van der Waals surface area contributed by atoms with E-state index in [0.29, 0.717) is 6.42 Å². The van der Waals surface area contributed by atoms with Gasteiger partial charge in [-0.2, -0.15) is 0 Å². The lowest BCUT2D eigenvalue weighted by Gasteiger charge is -2.04. The minimum absolute atomic E-state index is 0.0821. The predicted octanol–water partition coefficient (Wildman–Crippen LogP) is 1.48. The molecule has 0 aliphatic heterocycles. The molecule has 0 spiro atoms. The molecule has 2 aromatic heterocycles. The molecular formula is C10H12BrN3O. The van der Waals surface area contributed by atoms with Gasteiger partial charge in [-0.3, -0.25) is 0 Å². The minimum atomic E-state index is -0.200. The molecule has 2 heterocycles. The zero-order valence-electron chi connectivity index (χ0n) is 8.10. The molecule has 0 saturated heterocycles. The van der Waals surface area contributed by atoms with E-state index in [4.69, 9.17) is 10.8 Å². The Morgan fingerprint density at radius 1 is 1.60 bits per heavy atom. The summed E-state index contributed by atoms with van der Waals surface area (Å²) in [7, 11) is 0. The fraction of sp³-hybridized carbons (Fsp3) is 0.300. The highest BCUT2D eigenvalue weighted by Crippen LogP contribution is 2.17. The van der Waals surface area contributed by atoms with Gasteiger partial charge < -0.3 is 15.2 Å². The van der Waals surface area contributed by atoms with Crippen molar-refractivity contribution in [2.45, 2.75) is 12.5 Å². The second-order valence-corrected chi connectivity index (χ2v) is 4.31. The molecule has 0 fully saturated rings. The van der Waals surface area contributed by atoms with Crippen molar-refractivity contribution < 1.29 is 5.11 Å². The topological polar surface area (TPSA) is 63.5 Å². The standard InChI is InChI=1S/C10H12BrN3O/c11-7-1-3-14-6-9(8(12)2-4-15)13-10(14)5-7/h1,3,5-6,8,15H,2,4,12H2. The predicted molar refractivity (Wildman–Crippen MR) is 61.5 cm³/mol. The van der Waals surface area contributed by atoms with E-state index in [1.807, 2.05) is 28.9 Å². The molecule has 0 radical (unpaired) electrons. The molecule has 0 aromatic carbocycles. The molecule has 0 bridgehead atoms. The summed E-state index contributed by atoms with van der Waals surface area (Å²) >= 11 is 3.38. The Hall–Kier alpha value is -0.910. The Morgan fingerprint density at radius 2 is 2.40 bits per heavy atom. The highest BCUT2D eigenvalue weighted by atomic mass is 79.9. The summed E-state index contributed by atoms with van der Waals surface area (Å²) in [4.78, 5) is 4.39. The van der Waals surface area contributed by atoms with E-state index in [2.05, 4.69) is 20.9 Å². The molecule has 15 heavy (non-hydrogen) atoms. The number of aliphatic hydroxyl groups is 1. The number of fused-ring (bicyclic) bond motifs is 1. The number of aliphatic hydroxyl groups excluding tert-OH is 1. The van der Waals surface area contributed by atoms with Crippen LogP contribution >= 0.6 is 15.9 Å². The summed E-state index contributed by atoms with van der Waals surface area (Å²) in [6.45, 7) is 0.0821.